The van der Waals surface area contributed by atoms with Crippen LogP contribution in [0.15, 0.2) is 102 Å². The maximum atomic E-state index is 16.7. The Labute approximate surface area is 278 Å². The molecule has 8 nitrogen and oxygen atoms in total. The first kappa shape index (κ1) is 34.7. The Morgan fingerprint density at radius 2 is 1.96 bits per heavy atom. The first-order valence-electron chi connectivity index (χ1n) is 14.6. The lowest BCUT2D eigenvalue weighted by Gasteiger charge is -2.41. The Morgan fingerprint density at radius 1 is 1.22 bits per heavy atom. The average Bonchev–Trinajstić information content (AvgIpc) is 3.28. The van der Waals surface area contributed by atoms with E-state index in [1.54, 1.807) is 49.5 Å². The highest BCUT2D eigenvalue weighted by Gasteiger charge is 2.55. The van der Waals surface area contributed by atoms with Crippen LogP contribution in [0.3, 0.4) is 0 Å². The van der Waals surface area contributed by atoms with Gasteiger partial charge in [0.25, 0.3) is 0 Å². The number of benzene rings is 3. The molecule has 0 saturated carbocycles. The molecule has 3 atom stereocenters. The van der Waals surface area contributed by atoms with Crippen molar-refractivity contribution in [3.05, 3.63) is 124 Å². The third kappa shape index (κ3) is 7.97. The molecule has 0 aromatic heterocycles. The number of halogens is 3. The number of nitrogens with zero attached hydrogens (tertiary/aromatic N) is 2. The minimum Gasteiger partial charge on any atom is -0.494 e. The standard InChI is InChI=1S/C35H37Cl2FN4O4/c1-5-45-28-10-7-9-24(18-28)20-42-21-32(46-41(4)27-15-12-25(13-16-27)34(39)44)33(30(38)11-6-8-23(2)36)35(42,3)29-17-14-26(37)19-31(29)40-22-43/h6-19,22,32-33H,2,5,20-21H2,1,3-4H3,(H2,39,44)(H,40,43)/b8-6-,30-11-/t32-,33?,35-/m1/s1. The van der Waals surface area contributed by atoms with Gasteiger partial charge in [-0.25, -0.2) is 4.39 Å². The molecule has 1 aliphatic heterocycles. The minimum absolute atomic E-state index is 0.246. The van der Waals surface area contributed by atoms with Gasteiger partial charge < -0.3 is 15.8 Å². The summed E-state index contributed by atoms with van der Waals surface area (Å²) in [7, 11) is 1.71. The largest absolute Gasteiger partial charge is 0.494 e. The van der Waals surface area contributed by atoms with Crippen LogP contribution in [0.2, 0.25) is 5.02 Å². The van der Waals surface area contributed by atoms with Gasteiger partial charge in [0.05, 0.1) is 23.8 Å². The number of allylic oxidation sites excluding steroid dienone is 4. The molecule has 0 aliphatic carbocycles. The molecule has 4 rings (SSSR count). The van der Waals surface area contributed by atoms with E-state index >= 15 is 4.39 Å². The Kier molecular flexibility index (Phi) is 11.6. The molecule has 0 bridgehead atoms. The number of amides is 2. The number of anilines is 2. The maximum Gasteiger partial charge on any atom is 0.248 e. The SMILES string of the molecule is C=C(Cl)/C=C\C=C(/F)C1[C@H](ON(C)c2ccc(C(N)=O)cc2)CN(Cc2cccc(OCC)c2)[C@]1(C)c1ccc(Cl)cc1NC=O. The molecule has 46 heavy (non-hydrogen) atoms. The van der Waals surface area contributed by atoms with E-state index in [2.05, 4.69) is 16.8 Å². The zero-order valence-electron chi connectivity index (χ0n) is 25.9. The van der Waals surface area contributed by atoms with Crippen molar-refractivity contribution in [1.82, 2.24) is 4.90 Å². The lowest BCUT2D eigenvalue weighted by molar-refractivity contribution is -0.105. The van der Waals surface area contributed by atoms with Crippen molar-refractivity contribution in [2.45, 2.75) is 32.0 Å². The molecular formula is C35H37Cl2FN4O4. The molecule has 0 spiro atoms. The predicted octanol–water partition coefficient (Wildman–Crippen LogP) is 7.35. The van der Waals surface area contributed by atoms with Crippen molar-refractivity contribution < 1.29 is 23.6 Å². The van der Waals surface area contributed by atoms with E-state index in [1.807, 2.05) is 38.1 Å². The van der Waals surface area contributed by atoms with Crippen molar-refractivity contribution in [3.63, 3.8) is 0 Å². The molecule has 0 radical (unpaired) electrons. The van der Waals surface area contributed by atoms with Gasteiger partial charge in [-0.15, -0.1) is 0 Å². The third-order valence-corrected chi connectivity index (χ3v) is 8.36. The van der Waals surface area contributed by atoms with E-state index in [-0.39, 0.29) is 5.03 Å². The lowest BCUT2D eigenvalue weighted by atomic mass is 9.77. The number of nitrogens with two attached hydrogens (primary N) is 1. The first-order chi connectivity index (χ1) is 22.0. The third-order valence-electron chi connectivity index (χ3n) is 8.00. The van der Waals surface area contributed by atoms with Crippen LogP contribution in [0.4, 0.5) is 15.8 Å². The van der Waals surface area contributed by atoms with Crippen LogP contribution < -0.4 is 20.9 Å². The van der Waals surface area contributed by atoms with Crippen molar-refractivity contribution in [1.29, 1.82) is 0 Å². The van der Waals surface area contributed by atoms with Crippen LogP contribution in [0.1, 0.15) is 35.3 Å². The Hall–Kier alpha value is -4.15. The summed E-state index contributed by atoms with van der Waals surface area (Å²) in [5.41, 5.74) is 7.34. The molecule has 1 unspecified atom stereocenters. The van der Waals surface area contributed by atoms with Gasteiger partial charge in [0, 0.05) is 41.4 Å². The van der Waals surface area contributed by atoms with Gasteiger partial charge in [0.15, 0.2) is 0 Å². The van der Waals surface area contributed by atoms with Gasteiger partial charge in [0.1, 0.15) is 17.7 Å². The molecule has 3 aromatic carbocycles. The fourth-order valence-electron chi connectivity index (χ4n) is 5.89. The van der Waals surface area contributed by atoms with Crippen LogP contribution in [-0.2, 0) is 21.7 Å². The number of carbonyl (C=O) groups is 2. The summed E-state index contributed by atoms with van der Waals surface area (Å²) < 4.78 is 22.4. The number of hydroxylamine groups is 1. The van der Waals surface area contributed by atoms with Gasteiger partial charge in [-0.2, -0.15) is 0 Å². The summed E-state index contributed by atoms with van der Waals surface area (Å²) in [5.74, 6) is -1.20. The number of likely N-dealkylation sites (tertiary alicyclic amines) is 1. The zero-order chi connectivity index (χ0) is 33.4. The van der Waals surface area contributed by atoms with Crippen molar-refractivity contribution in [3.8, 4) is 5.75 Å². The van der Waals surface area contributed by atoms with E-state index in [1.165, 1.54) is 23.3 Å². The van der Waals surface area contributed by atoms with E-state index < -0.39 is 29.3 Å². The Balaban J connectivity index is 1.86. The topological polar surface area (TPSA) is 97.1 Å². The molecule has 1 saturated heterocycles. The fraction of sp³-hybridized carbons (Fsp3) is 0.257. The summed E-state index contributed by atoms with van der Waals surface area (Å²) in [4.78, 5) is 32.0. The van der Waals surface area contributed by atoms with Crippen LogP contribution in [0, 0.1) is 5.92 Å². The summed E-state index contributed by atoms with van der Waals surface area (Å²) in [5, 5.41) is 4.95. The number of nitrogens with one attached hydrogen (secondary N) is 1. The number of ether oxygens (including phenoxy) is 1. The van der Waals surface area contributed by atoms with Gasteiger partial charge in [-0.05, 0) is 85.7 Å². The van der Waals surface area contributed by atoms with Crippen molar-refractivity contribution in [2.24, 2.45) is 11.7 Å². The van der Waals surface area contributed by atoms with E-state index in [0.717, 1.165) is 11.3 Å². The van der Waals surface area contributed by atoms with E-state index in [9.17, 15) is 9.59 Å². The molecular weight excluding hydrogens is 630 g/mol. The quantitative estimate of drug-likeness (QED) is 0.106. The van der Waals surface area contributed by atoms with Gasteiger partial charge in [-0.3, -0.25) is 24.4 Å². The number of carbonyl (C=O) groups excluding carboxylic acids is 2. The zero-order valence-corrected chi connectivity index (χ0v) is 27.4. The highest BCUT2D eigenvalue weighted by Crippen LogP contribution is 2.51. The second kappa shape index (κ2) is 15.4. The second-order valence-corrected chi connectivity index (χ2v) is 11.9. The van der Waals surface area contributed by atoms with Crippen LogP contribution in [0.25, 0.3) is 0 Å². The van der Waals surface area contributed by atoms with Crippen molar-refractivity contribution >= 4 is 46.9 Å². The monoisotopic (exact) mass is 666 g/mol. The highest BCUT2D eigenvalue weighted by atomic mass is 35.5. The molecule has 1 heterocycles. The normalized spacial score (nSPS) is 20.1. The second-order valence-electron chi connectivity index (χ2n) is 10.9. The molecule has 1 aliphatic rings. The lowest BCUT2D eigenvalue weighted by Crippen LogP contribution is -2.43. The summed E-state index contributed by atoms with van der Waals surface area (Å²) in [6, 6.07) is 19.5. The Bertz CT molecular complexity index is 1630. The highest BCUT2D eigenvalue weighted by molar-refractivity contribution is 6.31. The van der Waals surface area contributed by atoms with Gasteiger partial charge >= 0.3 is 0 Å². The summed E-state index contributed by atoms with van der Waals surface area (Å²) >= 11 is 12.3. The smallest absolute Gasteiger partial charge is 0.248 e. The van der Waals surface area contributed by atoms with Crippen LogP contribution in [-0.4, -0.2) is 43.5 Å². The van der Waals surface area contributed by atoms with E-state index in [4.69, 9.17) is 38.5 Å². The van der Waals surface area contributed by atoms with Gasteiger partial charge in [0.2, 0.25) is 12.3 Å². The Morgan fingerprint density at radius 3 is 2.61 bits per heavy atom. The maximum absolute atomic E-state index is 16.7. The number of rotatable bonds is 14. The fourth-order valence-corrected chi connectivity index (χ4v) is 6.13. The number of primary amides is 1. The van der Waals surface area contributed by atoms with Crippen LogP contribution in [0.5, 0.6) is 5.75 Å². The summed E-state index contributed by atoms with van der Waals surface area (Å²) in [6.45, 7) is 8.69. The molecule has 11 heteroatoms. The molecule has 3 aromatic rings. The average molecular weight is 668 g/mol. The molecule has 3 N–H and O–H groups in total. The van der Waals surface area contributed by atoms with E-state index in [0.29, 0.717) is 53.6 Å². The van der Waals surface area contributed by atoms with Crippen molar-refractivity contribution in [2.75, 3.05) is 30.6 Å². The predicted molar refractivity (Wildman–Crippen MR) is 182 cm³/mol. The molecule has 2 amide bonds. The minimum atomic E-state index is -1.08. The molecule has 1 fully saturated rings. The van der Waals surface area contributed by atoms with Crippen LogP contribution >= 0.6 is 23.2 Å². The number of hydrogen-bond acceptors (Lipinski definition) is 6. The molecule has 242 valence electrons. The first-order valence-corrected chi connectivity index (χ1v) is 15.4. The summed E-state index contributed by atoms with van der Waals surface area (Å²) in [6.07, 6.45) is 4.17. The van der Waals surface area contributed by atoms with Gasteiger partial charge in [-0.1, -0.05) is 54.1 Å². The number of hydrogen-bond donors (Lipinski definition) is 2.